The number of amides is 1. The molecule has 0 radical (unpaired) electrons. The summed E-state index contributed by atoms with van der Waals surface area (Å²) >= 11 is 0. The molecular weight excluding hydrogens is 286 g/mol. The van der Waals surface area contributed by atoms with Crippen molar-refractivity contribution in [3.63, 3.8) is 0 Å². The molecule has 3 rings (SSSR count). The second-order valence-corrected chi connectivity index (χ2v) is 5.66. The van der Waals surface area contributed by atoms with Crippen LogP contribution >= 0.6 is 0 Å². The standard InChI is InChI=1S/C19H19N3O/c1-13-6-4-8-17(10-13)22-14(2)11-18(15(22)3)19(23)21-16-7-5-9-20-12-16/h4-12H,1-3H3,(H,21,23). The van der Waals surface area contributed by atoms with Crippen LogP contribution in [0.3, 0.4) is 0 Å². The van der Waals surface area contributed by atoms with Crippen molar-refractivity contribution in [2.45, 2.75) is 20.8 Å². The van der Waals surface area contributed by atoms with Gasteiger partial charge in [-0.1, -0.05) is 12.1 Å². The van der Waals surface area contributed by atoms with Gasteiger partial charge in [0, 0.05) is 23.3 Å². The minimum absolute atomic E-state index is 0.120. The number of nitrogens with one attached hydrogen (secondary N) is 1. The first kappa shape index (κ1) is 15.0. The molecule has 0 bridgehead atoms. The second kappa shape index (κ2) is 6.08. The Bertz CT molecular complexity index is 850. The maximum absolute atomic E-state index is 12.5. The van der Waals surface area contributed by atoms with Gasteiger partial charge in [-0.3, -0.25) is 9.78 Å². The SMILES string of the molecule is Cc1cccc(-n2c(C)cc(C(=O)Nc3cccnc3)c2C)c1. The largest absolute Gasteiger partial charge is 0.321 e. The molecule has 0 saturated heterocycles. The lowest BCUT2D eigenvalue weighted by molar-refractivity contribution is 0.102. The van der Waals surface area contributed by atoms with E-state index < -0.39 is 0 Å². The molecule has 2 aromatic heterocycles. The van der Waals surface area contributed by atoms with E-state index >= 15 is 0 Å². The number of anilines is 1. The van der Waals surface area contributed by atoms with Crippen molar-refractivity contribution >= 4 is 11.6 Å². The average molecular weight is 305 g/mol. The van der Waals surface area contributed by atoms with Gasteiger partial charge < -0.3 is 9.88 Å². The Morgan fingerprint density at radius 2 is 1.91 bits per heavy atom. The smallest absolute Gasteiger partial charge is 0.257 e. The monoisotopic (exact) mass is 305 g/mol. The molecule has 116 valence electrons. The van der Waals surface area contributed by atoms with Crippen LogP contribution in [0.25, 0.3) is 5.69 Å². The van der Waals surface area contributed by atoms with E-state index in [-0.39, 0.29) is 5.91 Å². The third-order valence-corrected chi connectivity index (χ3v) is 3.86. The quantitative estimate of drug-likeness (QED) is 0.793. The third-order valence-electron chi connectivity index (χ3n) is 3.86. The van der Waals surface area contributed by atoms with Gasteiger partial charge in [0.15, 0.2) is 0 Å². The van der Waals surface area contributed by atoms with E-state index in [0.29, 0.717) is 11.3 Å². The summed E-state index contributed by atoms with van der Waals surface area (Å²) in [5.74, 6) is -0.120. The number of rotatable bonds is 3. The molecule has 0 fully saturated rings. The lowest BCUT2D eigenvalue weighted by Gasteiger charge is -2.11. The van der Waals surface area contributed by atoms with E-state index in [4.69, 9.17) is 0 Å². The van der Waals surface area contributed by atoms with E-state index in [1.807, 2.05) is 32.0 Å². The van der Waals surface area contributed by atoms with Crippen molar-refractivity contribution in [3.8, 4) is 5.69 Å². The van der Waals surface area contributed by atoms with Gasteiger partial charge in [0.1, 0.15) is 0 Å². The van der Waals surface area contributed by atoms with Crippen LogP contribution in [-0.4, -0.2) is 15.5 Å². The van der Waals surface area contributed by atoms with Gasteiger partial charge >= 0.3 is 0 Å². The summed E-state index contributed by atoms with van der Waals surface area (Å²) in [7, 11) is 0. The van der Waals surface area contributed by atoms with Crippen LogP contribution in [0.5, 0.6) is 0 Å². The highest BCUT2D eigenvalue weighted by Crippen LogP contribution is 2.22. The number of carbonyl (C=O) groups excluding carboxylic acids is 1. The zero-order valence-electron chi connectivity index (χ0n) is 13.5. The summed E-state index contributed by atoms with van der Waals surface area (Å²) in [5, 5.41) is 2.89. The summed E-state index contributed by atoms with van der Waals surface area (Å²) in [6.07, 6.45) is 3.32. The molecule has 1 N–H and O–H groups in total. The normalized spacial score (nSPS) is 10.6. The van der Waals surface area contributed by atoms with E-state index in [2.05, 4.69) is 40.0 Å². The molecule has 0 spiro atoms. The topological polar surface area (TPSA) is 46.9 Å². The number of nitrogens with zero attached hydrogens (tertiary/aromatic N) is 2. The van der Waals surface area contributed by atoms with E-state index in [9.17, 15) is 4.79 Å². The van der Waals surface area contributed by atoms with Crippen molar-refractivity contribution in [3.05, 3.63) is 77.4 Å². The van der Waals surface area contributed by atoms with E-state index in [1.165, 1.54) is 5.56 Å². The molecule has 1 amide bonds. The fourth-order valence-corrected chi connectivity index (χ4v) is 2.79. The van der Waals surface area contributed by atoms with Gasteiger partial charge in [0.2, 0.25) is 0 Å². The zero-order valence-corrected chi connectivity index (χ0v) is 13.5. The van der Waals surface area contributed by atoms with Crippen molar-refractivity contribution in [1.29, 1.82) is 0 Å². The van der Waals surface area contributed by atoms with Crippen molar-refractivity contribution < 1.29 is 4.79 Å². The Morgan fingerprint density at radius 1 is 1.09 bits per heavy atom. The van der Waals surface area contributed by atoms with Gasteiger partial charge in [0.25, 0.3) is 5.91 Å². The summed E-state index contributed by atoms with van der Waals surface area (Å²) in [6, 6.07) is 13.8. The molecule has 1 aromatic carbocycles. The minimum atomic E-state index is -0.120. The number of hydrogen-bond donors (Lipinski definition) is 1. The lowest BCUT2D eigenvalue weighted by atomic mass is 10.2. The highest BCUT2D eigenvalue weighted by molar-refractivity contribution is 6.05. The van der Waals surface area contributed by atoms with Crippen LogP contribution in [0, 0.1) is 20.8 Å². The predicted octanol–water partition coefficient (Wildman–Crippen LogP) is 4.05. The number of carbonyl (C=O) groups is 1. The summed E-state index contributed by atoms with van der Waals surface area (Å²) < 4.78 is 2.10. The van der Waals surface area contributed by atoms with Gasteiger partial charge in [0.05, 0.1) is 17.4 Å². The van der Waals surface area contributed by atoms with Gasteiger partial charge in [-0.2, -0.15) is 0 Å². The minimum Gasteiger partial charge on any atom is -0.321 e. The van der Waals surface area contributed by atoms with Crippen LogP contribution in [0.15, 0.2) is 54.9 Å². The Hall–Kier alpha value is -2.88. The third kappa shape index (κ3) is 3.01. The van der Waals surface area contributed by atoms with Crippen LogP contribution in [0.1, 0.15) is 27.3 Å². The molecule has 4 heteroatoms. The molecule has 0 aliphatic rings. The zero-order chi connectivity index (χ0) is 16.4. The number of pyridine rings is 1. The lowest BCUT2D eigenvalue weighted by Crippen LogP contribution is -2.13. The molecule has 0 unspecified atom stereocenters. The van der Waals surface area contributed by atoms with Crippen LogP contribution < -0.4 is 5.32 Å². The fraction of sp³-hybridized carbons (Fsp3) is 0.158. The highest BCUT2D eigenvalue weighted by atomic mass is 16.1. The Morgan fingerprint density at radius 3 is 2.61 bits per heavy atom. The fourth-order valence-electron chi connectivity index (χ4n) is 2.79. The molecule has 0 aliphatic carbocycles. The molecule has 0 atom stereocenters. The van der Waals surface area contributed by atoms with E-state index in [0.717, 1.165) is 17.1 Å². The summed E-state index contributed by atoms with van der Waals surface area (Å²) in [4.78, 5) is 16.6. The van der Waals surface area contributed by atoms with Gasteiger partial charge in [-0.05, 0) is 56.7 Å². The Balaban J connectivity index is 1.96. The molecule has 3 aromatic rings. The Kier molecular flexibility index (Phi) is 3.98. The van der Waals surface area contributed by atoms with Gasteiger partial charge in [-0.15, -0.1) is 0 Å². The van der Waals surface area contributed by atoms with Crippen LogP contribution in [0.2, 0.25) is 0 Å². The average Bonchev–Trinajstić information content (AvgIpc) is 2.83. The summed E-state index contributed by atoms with van der Waals surface area (Å²) in [5.41, 5.74) is 5.58. The number of aromatic nitrogens is 2. The maximum atomic E-state index is 12.5. The first-order valence-corrected chi connectivity index (χ1v) is 7.53. The summed E-state index contributed by atoms with van der Waals surface area (Å²) in [6.45, 7) is 6.04. The predicted molar refractivity (Wildman–Crippen MR) is 92.2 cm³/mol. The van der Waals surface area contributed by atoms with Crippen LogP contribution in [-0.2, 0) is 0 Å². The number of aryl methyl sites for hydroxylation is 2. The van der Waals surface area contributed by atoms with Crippen molar-refractivity contribution in [2.75, 3.05) is 5.32 Å². The Labute approximate surface area is 135 Å². The number of benzene rings is 1. The second-order valence-electron chi connectivity index (χ2n) is 5.66. The molecule has 0 aliphatic heterocycles. The molecule has 0 saturated carbocycles. The van der Waals surface area contributed by atoms with E-state index in [1.54, 1.807) is 18.5 Å². The molecule has 2 heterocycles. The highest BCUT2D eigenvalue weighted by Gasteiger charge is 2.16. The molecular formula is C19H19N3O. The molecule has 23 heavy (non-hydrogen) atoms. The van der Waals surface area contributed by atoms with Gasteiger partial charge in [-0.25, -0.2) is 0 Å². The van der Waals surface area contributed by atoms with Crippen molar-refractivity contribution in [1.82, 2.24) is 9.55 Å². The van der Waals surface area contributed by atoms with Crippen LogP contribution in [0.4, 0.5) is 5.69 Å². The first-order chi connectivity index (χ1) is 11.1. The maximum Gasteiger partial charge on any atom is 0.257 e. The number of hydrogen-bond acceptors (Lipinski definition) is 2. The first-order valence-electron chi connectivity index (χ1n) is 7.53. The van der Waals surface area contributed by atoms with Crippen molar-refractivity contribution in [2.24, 2.45) is 0 Å². The molecule has 4 nitrogen and oxygen atoms in total.